The number of nitrogens with one attached hydrogen (secondary N) is 1. The van der Waals surface area contributed by atoms with E-state index in [1.807, 2.05) is 38.1 Å². The monoisotopic (exact) mass is 204 g/mol. The van der Waals surface area contributed by atoms with Gasteiger partial charge in [0.15, 0.2) is 0 Å². The molecule has 0 aliphatic carbocycles. The minimum Gasteiger partial charge on any atom is -0.399 e. The molecule has 15 heavy (non-hydrogen) atoms. The van der Waals surface area contributed by atoms with E-state index in [9.17, 15) is 4.79 Å². The van der Waals surface area contributed by atoms with Gasteiger partial charge in [-0.2, -0.15) is 0 Å². The highest BCUT2D eigenvalue weighted by molar-refractivity contribution is 5.86. The molecule has 1 amide bonds. The van der Waals surface area contributed by atoms with Crippen LogP contribution in [0.4, 0.5) is 5.69 Å². The Morgan fingerprint density at radius 3 is 2.40 bits per heavy atom. The van der Waals surface area contributed by atoms with Crippen LogP contribution in [0.15, 0.2) is 24.3 Å². The van der Waals surface area contributed by atoms with Crippen molar-refractivity contribution in [1.29, 1.82) is 0 Å². The number of amides is 1. The summed E-state index contributed by atoms with van der Waals surface area (Å²) in [5.41, 5.74) is 7.30. The van der Waals surface area contributed by atoms with Crippen molar-refractivity contribution < 1.29 is 4.79 Å². The normalized spacial score (nSPS) is 23.9. The molecule has 1 saturated heterocycles. The fourth-order valence-electron chi connectivity index (χ4n) is 2.07. The molecular weight excluding hydrogens is 188 g/mol. The molecule has 1 fully saturated rings. The van der Waals surface area contributed by atoms with Crippen LogP contribution in [0.2, 0.25) is 0 Å². The lowest BCUT2D eigenvalue weighted by molar-refractivity contribution is -0.120. The number of anilines is 1. The number of rotatable bonds is 1. The summed E-state index contributed by atoms with van der Waals surface area (Å²) in [6.45, 7) is 4.09. The molecule has 1 unspecified atom stereocenters. The van der Waals surface area contributed by atoms with Gasteiger partial charge in [-0.3, -0.25) is 4.79 Å². The summed E-state index contributed by atoms with van der Waals surface area (Å²) in [6, 6.07) is 7.55. The van der Waals surface area contributed by atoms with Crippen LogP contribution in [0.25, 0.3) is 0 Å². The summed E-state index contributed by atoms with van der Waals surface area (Å²) in [5.74, 6) is 0.0883. The second-order valence-corrected chi connectivity index (χ2v) is 4.80. The third kappa shape index (κ3) is 1.96. The fourth-order valence-corrected chi connectivity index (χ4v) is 2.07. The highest BCUT2D eigenvalue weighted by Crippen LogP contribution is 2.32. The van der Waals surface area contributed by atoms with Crippen LogP contribution in [-0.2, 0) is 4.79 Å². The van der Waals surface area contributed by atoms with Crippen molar-refractivity contribution in [2.24, 2.45) is 0 Å². The Bertz CT molecular complexity index is 381. The van der Waals surface area contributed by atoms with Crippen LogP contribution in [0.1, 0.15) is 31.7 Å². The van der Waals surface area contributed by atoms with Crippen LogP contribution in [0, 0.1) is 0 Å². The number of hydrogen-bond donors (Lipinski definition) is 2. The maximum absolute atomic E-state index is 11.7. The molecule has 3 nitrogen and oxygen atoms in total. The Balaban J connectivity index is 2.25. The van der Waals surface area contributed by atoms with Gasteiger partial charge in [0.1, 0.15) is 0 Å². The van der Waals surface area contributed by atoms with Gasteiger partial charge in [-0.05, 0) is 38.0 Å². The van der Waals surface area contributed by atoms with Crippen LogP contribution in [0.3, 0.4) is 0 Å². The maximum atomic E-state index is 11.7. The zero-order valence-electron chi connectivity index (χ0n) is 9.08. The smallest absolute Gasteiger partial charge is 0.228 e. The van der Waals surface area contributed by atoms with Crippen molar-refractivity contribution in [2.75, 3.05) is 5.73 Å². The first-order valence-corrected chi connectivity index (χ1v) is 5.15. The summed E-state index contributed by atoms with van der Waals surface area (Å²) >= 11 is 0. The SMILES string of the molecule is CC1(C)CC(c2ccc(N)cc2)C(=O)N1. The third-order valence-electron chi connectivity index (χ3n) is 2.83. The summed E-state index contributed by atoms with van der Waals surface area (Å²) in [5, 5.41) is 2.99. The average molecular weight is 204 g/mol. The van der Waals surface area contributed by atoms with Gasteiger partial charge in [-0.1, -0.05) is 12.1 Å². The van der Waals surface area contributed by atoms with Crippen molar-refractivity contribution >= 4 is 11.6 Å². The van der Waals surface area contributed by atoms with E-state index in [-0.39, 0.29) is 17.4 Å². The molecule has 1 aliphatic heterocycles. The topological polar surface area (TPSA) is 55.1 Å². The van der Waals surface area contributed by atoms with E-state index in [1.165, 1.54) is 0 Å². The summed E-state index contributed by atoms with van der Waals surface area (Å²) in [4.78, 5) is 11.7. The highest BCUT2D eigenvalue weighted by Gasteiger charge is 2.37. The molecule has 3 N–H and O–H groups in total. The van der Waals surface area contributed by atoms with E-state index >= 15 is 0 Å². The van der Waals surface area contributed by atoms with Crippen LogP contribution in [0.5, 0.6) is 0 Å². The number of hydrogen-bond acceptors (Lipinski definition) is 2. The highest BCUT2D eigenvalue weighted by atomic mass is 16.2. The predicted octanol–water partition coefficient (Wildman–Crippen LogP) is 1.65. The Kier molecular flexibility index (Phi) is 2.18. The van der Waals surface area contributed by atoms with Gasteiger partial charge >= 0.3 is 0 Å². The fraction of sp³-hybridized carbons (Fsp3) is 0.417. The molecule has 3 heteroatoms. The van der Waals surface area contributed by atoms with Crippen LogP contribution < -0.4 is 11.1 Å². The van der Waals surface area contributed by atoms with Crippen molar-refractivity contribution in [3.05, 3.63) is 29.8 Å². The molecule has 0 spiro atoms. The van der Waals surface area contributed by atoms with Crippen molar-refractivity contribution in [1.82, 2.24) is 5.32 Å². The molecule has 0 saturated carbocycles. The van der Waals surface area contributed by atoms with Gasteiger partial charge in [-0.15, -0.1) is 0 Å². The van der Waals surface area contributed by atoms with Gasteiger partial charge in [0.2, 0.25) is 5.91 Å². The second-order valence-electron chi connectivity index (χ2n) is 4.80. The molecule has 2 rings (SSSR count). The summed E-state index contributed by atoms with van der Waals surface area (Å²) in [6.07, 6.45) is 0.843. The number of benzene rings is 1. The van der Waals surface area contributed by atoms with Gasteiger partial charge in [0, 0.05) is 11.2 Å². The van der Waals surface area contributed by atoms with Crippen molar-refractivity contribution in [3.63, 3.8) is 0 Å². The number of nitrogens with two attached hydrogens (primary N) is 1. The van der Waals surface area contributed by atoms with Gasteiger partial charge in [0.05, 0.1) is 5.92 Å². The van der Waals surface area contributed by atoms with E-state index in [2.05, 4.69) is 5.32 Å². The summed E-state index contributed by atoms with van der Waals surface area (Å²) in [7, 11) is 0. The molecular formula is C12H16N2O. The van der Waals surface area contributed by atoms with E-state index in [0.29, 0.717) is 0 Å². The first-order chi connectivity index (χ1) is 6.98. The molecule has 1 atom stereocenters. The predicted molar refractivity (Wildman–Crippen MR) is 60.4 cm³/mol. The van der Waals surface area contributed by atoms with Gasteiger partial charge in [-0.25, -0.2) is 0 Å². The average Bonchev–Trinajstić information content (AvgIpc) is 2.41. The number of carbonyl (C=O) groups is 1. The minimum absolute atomic E-state index is 0.0272. The lowest BCUT2D eigenvalue weighted by Gasteiger charge is -2.16. The van der Waals surface area contributed by atoms with Gasteiger partial charge in [0.25, 0.3) is 0 Å². The van der Waals surface area contributed by atoms with E-state index < -0.39 is 0 Å². The molecule has 1 aromatic carbocycles. The van der Waals surface area contributed by atoms with E-state index in [0.717, 1.165) is 17.7 Å². The van der Waals surface area contributed by atoms with Crippen LogP contribution in [-0.4, -0.2) is 11.4 Å². The Hall–Kier alpha value is -1.51. The zero-order valence-corrected chi connectivity index (χ0v) is 9.08. The minimum atomic E-state index is -0.0941. The lowest BCUT2D eigenvalue weighted by atomic mass is 9.91. The molecule has 1 aliphatic rings. The van der Waals surface area contributed by atoms with Crippen molar-refractivity contribution in [3.8, 4) is 0 Å². The largest absolute Gasteiger partial charge is 0.399 e. The second kappa shape index (κ2) is 3.26. The molecule has 0 aromatic heterocycles. The first-order valence-electron chi connectivity index (χ1n) is 5.15. The third-order valence-corrected chi connectivity index (χ3v) is 2.83. The van der Waals surface area contributed by atoms with E-state index in [1.54, 1.807) is 0 Å². The lowest BCUT2D eigenvalue weighted by Crippen LogP contribution is -2.34. The molecule has 0 radical (unpaired) electrons. The quantitative estimate of drug-likeness (QED) is 0.683. The number of nitrogen functional groups attached to an aromatic ring is 1. The molecule has 1 aromatic rings. The Morgan fingerprint density at radius 2 is 1.93 bits per heavy atom. The molecule has 80 valence electrons. The van der Waals surface area contributed by atoms with Crippen molar-refractivity contribution in [2.45, 2.75) is 31.7 Å². The Labute approximate surface area is 89.7 Å². The molecule has 0 bridgehead atoms. The summed E-state index contributed by atoms with van der Waals surface area (Å²) < 4.78 is 0. The number of carbonyl (C=O) groups excluding carboxylic acids is 1. The molecule has 1 heterocycles. The van der Waals surface area contributed by atoms with Crippen LogP contribution >= 0.6 is 0 Å². The maximum Gasteiger partial charge on any atom is 0.228 e. The zero-order chi connectivity index (χ0) is 11.1. The standard InChI is InChI=1S/C12H16N2O/c1-12(2)7-10(11(15)14-12)8-3-5-9(13)6-4-8/h3-6,10H,7,13H2,1-2H3,(H,14,15). The van der Waals surface area contributed by atoms with E-state index in [4.69, 9.17) is 5.73 Å². The Morgan fingerprint density at radius 1 is 1.33 bits per heavy atom. The van der Waals surface area contributed by atoms with Gasteiger partial charge < -0.3 is 11.1 Å². The first kappa shape index (κ1) is 10.0.